The van der Waals surface area contributed by atoms with E-state index in [0.29, 0.717) is 0 Å². The number of amides is 1. The molecule has 0 saturated heterocycles. The number of rotatable bonds is 4. The molecule has 0 bridgehead atoms. The summed E-state index contributed by atoms with van der Waals surface area (Å²) < 4.78 is 2.25. The fourth-order valence-corrected chi connectivity index (χ4v) is 5.97. The summed E-state index contributed by atoms with van der Waals surface area (Å²) in [6, 6.07) is 19.9. The molecule has 0 aliphatic rings. The van der Waals surface area contributed by atoms with Crippen LogP contribution in [0.2, 0.25) is 0 Å². The minimum atomic E-state index is -1.98. The average Bonchev–Trinajstić information content (AvgIpc) is 2.48. The molecule has 0 atom stereocenters. The van der Waals surface area contributed by atoms with Gasteiger partial charge in [-0.3, -0.25) is 0 Å². The summed E-state index contributed by atoms with van der Waals surface area (Å²) in [6.45, 7) is 0. The summed E-state index contributed by atoms with van der Waals surface area (Å²) in [6.07, 6.45) is 0. The zero-order valence-corrected chi connectivity index (χ0v) is 15.6. The van der Waals surface area contributed by atoms with Gasteiger partial charge in [-0.1, -0.05) is 0 Å². The van der Waals surface area contributed by atoms with Crippen LogP contribution < -0.4 is 0 Å². The number of carbonyl (C=O) groups is 1. The molecule has 1 amide bonds. The van der Waals surface area contributed by atoms with Gasteiger partial charge in [0.1, 0.15) is 0 Å². The number of carbonyl (C=O) groups excluding carboxylic acids is 1. The molecule has 0 aliphatic carbocycles. The number of nitrogens with zero attached hydrogens (tertiary/aromatic N) is 1. The van der Waals surface area contributed by atoms with Crippen LogP contribution in [0.15, 0.2) is 64.6 Å². The van der Waals surface area contributed by atoms with E-state index in [1.54, 1.807) is 0 Å². The molecule has 2 nitrogen and oxygen atoms in total. The van der Waals surface area contributed by atoms with Crippen molar-refractivity contribution in [2.45, 2.75) is 14.4 Å². The van der Waals surface area contributed by atoms with Crippen LogP contribution in [0.5, 0.6) is 0 Å². The molecular formula is C16H14Cl3NOSe. The summed E-state index contributed by atoms with van der Waals surface area (Å²) in [7, 11) is 0. The van der Waals surface area contributed by atoms with Gasteiger partial charge in [-0.05, 0) is 0 Å². The van der Waals surface area contributed by atoms with Gasteiger partial charge in [0.05, 0.1) is 0 Å². The first-order chi connectivity index (χ1) is 10.4. The zero-order valence-electron chi connectivity index (χ0n) is 11.6. The van der Waals surface area contributed by atoms with Crippen LogP contribution in [0.3, 0.4) is 0 Å². The van der Waals surface area contributed by atoms with Crippen molar-refractivity contribution in [2.24, 2.45) is 3.96 Å². The van der Waals surface area contributed by atoms with E-state index in [0.717, 1.165) is 21.8 Å². The summed E-state index contributed by atoms with van der Waals surface area (Å²) in [5.74, 6) is -0.672. The SMILES string of the molecule is O=C(N=[Se](Cc1ccccc1)Cc1ccccc1)C(Cl)(Cl)Cl. The van der Waals surface area contributed by atoms with Gasteiger partial charge in [-0.15, -0.1) is 0 Å². The minimum absolute atomic E-state index is 0.672. The van der Waals surface area contributed by atoms with Crippen LogP contribution in [0.25, 0.3) is 0 Å². The van der Waals surface area contributed by atoms with E-state index in [4.69, 9.17) is 34.8 Å². The summed E-state index contributed by atoms with van der Waals surface area (Å²) in [5.41, 5.74) is 2.29. The van der Waals surface area contributed by atoms with Gasteiger partial charge in [0, 0.05) is 0 Å². The van der Waals surface area contributed by atoms with Crippen LogP contribution in [0.1, 0.15) is 11.1 Å². The Hall–Kier alpha value is -0.701. The predicted octanol–water partition coefficient (Wildman–Crippen LogP) is 4.71. The maximum absolute atomic E-state index is 11.9. The molecule has 0 unspecified atom stereocenters. The first kappa shape index (κ1) is 17.7. The van der Waals surface area contributed by atoms with Gasteiger partial charge >= 0.3 is 149 Å². The Balaban J connectivity index is 2.24. The van der Waals surface area contributed by atoms with E-state index < -0.39 is 23.4 Å². The third-order valence-corrected chi connectivity index (χ3v) is 6.98. The van der Waals surface area contributed by atoms with Crippen LogP contribution in [0.4, 0.5) is 0 Å². The van der Waals surface area contributed by atoms with Crippen molar-refractivity contribution < 1.29 is 4.79 Å². The molecule has 6 heteroatoms. The molecule has 0 spiro atoms. The molecule has 0 radical (unpaired) electrons. The molecule has 0 aromatic heterocycles. The van der Waals surface area contributed by atoms with E-state index in [9.17, 15) is 4.79 Å². The van der Waals surface area contributed by atoms with Crippen molar-refractivity contribution in [3.05, 3.63) is 71.8 Å². The van der Waals surface area contributed by atoms with Gasteiger partial charge in [0.15, 0.2) is 0 Å². The van der Waals surface area contributed by atoms with Crippen molar-refractivity contribution in [3.63, 3.8) is 0 Å². The molecule has 0 fully saturated rings. The fraction of sp³-hybridized carbons (Fsp3) is 0.188. The van der Waals surface area contributed by atoms with Crippen LogP contribution in [-0.4, -0.2) is 23.4 Å². The standard InChI is InChI=1S/C16H14Cl3NOSe/c17-16(18,19)15(21)20-22(11-13-7-3-1-4-8-13)12-14-9-5-2-6-10-14/h1-10H,11-12H2. The third kappa shape index (κ3) is 5.83. The van der Waals surface area contributed by atoms with Gasteiger partial charge in [-0.2, -0.15) is 0 Å². The summed E-state index contributed by atoms with van der Waals surface area (Å²) >= 11 is 15.3. The van der Waals surface area contributed by atoms with E-state index in [1.165, 1.54) is 0 Å². The number of halogens is 3. The Morgan fingerprint density at radius 2 is 1.27 bits per heavy atom. The molecule has 22 heavy (non-hydrogen) atoms. The van der Waals surface area contributed by atoms with Crippen LogP contribution >= 0.6 is 34.8 Å². The number of hydrogen-bond acceptors (Lipinski definition) is 1. The van der Waals surface area contributed by atoms with Crippen molar-refractivity contribution in [3.8, 4) is 0 Å². The molecule has 2 rings (SSSR count). The molecular weight excluding hydrogens is 408 g/mol. The zero-order chi connectivity index (χ0) is 16.0. The fourth-order valence-electron chi connectivity index (χ4n) is 1.82. The molecule has 0 saturated carbocycles. The molecule has 0 heterocycles. The molecule has 0 N–H and O–H groups in total. The first-order valence-corrected chi connectivity index (χ1v) is 10.9. The topological polar surface area (TPSA) is 29.4 Å². The van der Waals surface area contributed by atoms with E-state index in [2.05, 4.69) is 3.96 Å². The van der Waals surface area contributed by atoms with Crippen LogP contribution in [-0.2, 0) is 15.4 Å². The number of alkyl halides is 3. The molecule has 2 aromatic rings. The Kier molecular flexibility index (Phi) is 6.61. The normalized spacial score (nSPS) is 11.5. The van der Waals surface area contributed by atoms with Gasteiger partial charge in [-0.25, -0.2) is 0 Å². The Bertz CT molecular complexity index is 611. The Labute approximate surface area is 149 Å². The quantitative estimate of drug-likeness (QED) is 0.519. The van der Waals surface area contributed by atoms with Gasteiger partial charge in [0.25, 0.3) is 0 Å². The maximum atomic E-state index is 11.9. The van der Waals surface area contributed by atoms with E-state index >= 15 is 0 Å². The predicted molar refractivity (Wildman–Crippen MR) is 93.8 cm³/mol. The van der Waals surface area contributed by atoms with Crippen LogP contribution in [0, 0.1) is 0 Å². The van der Waals surface area contributed by atoms with E-state index in [-0.39, 0.29) is 0 Å². The second-order valence-corrected chi connectivity index (χ2v) is 10.4. The van der Waals surface area contributed by atoms with Gasteiger partial charge < -0.3 is 0 Å². The summed E-state index contributed by atoms with van der Waals surface area (Å²) in [5, 5.41) is 1.48. The second kappa shape index (κ2) is 8.24. The average molecular weight is 422 g/mol. The third-order valence-electron chi connectivity index (χ3n) is 2.81. The van der Waals surface area contributed by atoms with Crippen molar-refractivity contribution >= 4 is 54.4 Å². The Morgan fingerprint density at radius 3 is 1.64 bits per heavy atom. The van der Waals surface area contributed by atoms with Crippen molar-refractivity contribution in [1.29, 1.82) is 0 Å². The second-order valence-electron chi connectivity index (χ2n) is 4.62. The Morgan fingerprint density at radius 1 is 0.864 bits per heavy atom. The monoisotopic (exact) mass is 421 g/mol. The summed E-state index contributed by atoms with van der Waals surface area (Å²) in [4.78, 5) is 11.9. The number of hydrogen-bond donors (Lipinski definition) is 0. The van der Waals surface area contributed by atoms with Gasteiger partial charge in [0.2, 0.25) is 0 Å². The first-order valence-electron chi connectivity index (χ1n) is 6.53. The van der Waals surface area contributed by atoms with E-state index in [1.807, 2.05) is 60.7 Å². The molecule has 116 valence electrons. The molecule has 0 aliphatic heterocycles. The molecule has 2 aromatic carbocycles. The van der Waals surface area contributed by atoms with Crippen molar-refractivity contribution in [2.75, 3.05) is 0 Å². The van der Waals surface area contributed by atoms with Crippen molar-refractivity contribution in [1.82, 2.24) is 0 Å². The number of benzene rings is 2.